The molecule has 1 aliphatic heterocycles. The summed E-state index contributed by atoms with van der Waals surface area (Å²) >= 11 is 18.6. The Labute approximate surface area is 201 Å². The van der Waals surface area contributed by atoms with Gasteiger partial charge in [0.25, 0.3) is 5.91 Å². The van der Waals surface area contributed by atoms with Crippen molar-refractivity contribution in [3.63, 3.8) is 0 Å². The molecule has 0 atom stereocenters. The molecule has 4 rings (SSSR count). The van der Waals surface area contributed by atoms with Crippen LogP contribution in [0.4, 0.5) is 5.69 Å². The molecule has 1 aromatic heterocycles. The number of aromatic nitrogens is 2. The summed E-state index contributed by atoms with van der Waals surface area (Å²) in [7, 11) is 0. The number of nitrogens with zero attached hydrogens (tertiary/aromatic N) is 4. The summed E-state index contributed by atoms with van der Waals surface area (Å²) in [6.45, 7) is 9.84. The third-order valence-corrected chi connectivity index (χ3v) is 6.42. The number of anilines is 1. The molecule has 0 saturated heterocycles. The van der Waals surface area contributed by atoms with E-state index in [1.165, 1.54) is 28.3 Å². The first-order valence-corrected chi connectivity index (χ1v) is 11.1. The fourth-order valence-electron chi connectivity index (χ4n) is 3.69. The average molecular weight is 488 g/mol. The van der Waals surface area contributed by atoms with Crippen LogP contribution in [0.3, 0.4) is 0 Å². The van der Waals surface area contributed by atoms with Gasteiger partial charge >= 0.3 is 0 Å². The molecule has 0 unspecified atom stereocenters. The van der Waals surface area contributed by atoms with Gasteiger partial charge < -0.3 is 0 Å². The molecule has 0 fully saturated rings. The summed E-state index contributed by atoms with van der Waals surface area (Å²) in [5, 5.41) is 11.2. The topological polar surface area (TPSA) is 50.5 Å². The maximum absolute atomic E-state index is 13.3. The molecule has 5 nitrogen and oxygen atoms in total. The second-order valence-electron chi connectivity index (χ2n) is 7.84. The van der Waals surface area contributed by atoms with Crippen molar-refractivity contribution in [1.82, 2.24) is 9.78 Å². The van der Waals surface area contributed by atoms with Gasteiger partial charge in [0.15, 0.2) is 0 Å². The van der Waals surface area contributed by atoms with Gasteiger partial charge in [0, 0.05) is 16.3 Å². The lowest BCUT2D eigenvalue weighted by atomic mass is 10.1. The fraction of sp³-hybridized carbons (Fsp3) is 0.208. The van der Waals surface area contributed by atoms with Crippen LogP contribution in [0.2, 0.25) is 15.1 Å². The van der Waals surface area contributed by atoms with Crippen molar-refractivity contribution in [3.05, 3.63) is 79.1 Å². The van der Waals surface area contributed by atoms with E-state index in [4.69, 9.17) is 39.9 Å². The van der Waals surface area contributed by atoms with E-state index in [1.807, 2.05) is 30.7 Å². The van der Waals surface area contributed by atoms with Gasteiger partial charge in [-0.15, -0.1) is 0 Å². The van der Waals surface area contributed by atoms with E-state index in [-0.39, 0.29) is 16.0 Å². The van der Waals surface area contributed by atoms with Gasteiger partial charge in [-0.3, -0.25) is 4.79 Å². The van der Waals surface area contributed by atoms with Crippen molar-refractivity contribution in [2.75, 3.05) is 5.01 Å². The van der Waals surface area contributed by atoms with Gasteiger partial charge in [-0.2, -0.15) is 15.2 Å². The predicted octanol–water partition coefficient (Wildman–Crippen LogP) is 6.87. The largest absolute Gasteiger partial charge is 0.280 e. The number of amides is 1. The Kier molecular flexibility index (Phi) is 5.93. The molecule has 1 aliphatic rings. The Bertz CT molecular complexity index is 1310. The smallest absolute Gasteiger partial charge is 0.267 e. The Morgan fingerprint density at radius 3 is 2.19 bits per heavy atom. The molecule has 1 amide bonds. The fourth-order valence-corrected chi connectivity index (χ4v) is 4.67. The van der Waals surface area contributed by atoms with Crippen LogP contribution in [0.5, 0.6) is 0 Å². The minimum atomic E-state index is -0.314. The molecule has 32 heavy (non-hydrogen) atoms. The molecular weight excluding hydrogens is 467 g/mol. The van der Waals surface area contributed by atoms with Crippen LogP contribution < -0.4 is 5.01 Å². The molecule has 0 spiro atoms. The van der Waals surface area contributed by atoms with Crippen LogP contribution in [0, 0.1) is 27.7 Å². The number of hydrogen-bond donors (Lipinski definition) is 0. The normalized spacial score (nSPS) is 15.1. The lowest BCUT2D eigenvalue weighted by Crippen LogP contribution is -2.22. The summed E-state index contributed by atoms with van der Waals surface area (Å²) in [6.07, 6.45) is 1.83. The molecule has 0 aliphatic carbocycles. The van der Waals surface area contributed by atoms with E-state index < -0.39 is 0 Å². The number of rotatable bonds is 3. The maximum Gasteiger partial charge on any atom is 0.280 e. The number of carbonyl (C=O) groups is 1. The number of aryl methyl sites for hydroxylation is 3. The number of hydrazone groups is 1. The zero-order valence-corrected chi connectivity index (χ0v) is 20.6. The van der Waals surface area contributed by atoms with Crippen LogP contribution in [0.15, 0.2) is 41.0 Å². The van der Waals surface area contributed by atoms with Crippen molar-refractivity contribution >= 4 is 58.2 Å². The SMILES string of the molecule is CC1=NN(c2c(Cl)cc(Cl)cc2Cl)C(=O)/C1=C/c1c(C)nn(-c2ccc(C)c(C)c2)c1C. The zero-order valence-electron chi connectivity index (χ0n) is 18.3. The van der Waals surface area contributed by atoms with Crippen LogP contribution in [0.1, 0.15) is 35.0 Å². The summed E-state index contributed by atoms with van der Waals surface area (Å²) < 4.78 is 1.89. The molecule has 0 N–H and O–H groups in total. The van der Waals surface area contributed by atoms with Crippen molar-refractivity contribution in [2.45, 2.75) is 34.6 Å². The Hall–Kier alpha value is -2.60. The minimum Gasteiger partial charge on any atom is -0.267 e. The second kappa shape index (κ2) is 8.39. The highest BCUT2D eigenvalue weighted by Gasteiger charge is 2.32. The van der Waals surface area contributed by atoms with E-state index in [9.17, 15) is 4.79 Å². The van der Waals surface area contributed by atoms with Crippen molar-refractivity contribution in [1.29, 1.82) is 0 Å². The van der Waals surface area contributed by atoms with E-state index in [0.717, 1.165) is 22.6 Å². The highest BCUT2D eigenvalue weighted by molar-refractivity contribution is 6.44. The van der Waals surface area contributed by atoms with Gasteiger partial charge in [0.2, 0.25) is 0 Å². The van der Waals surface area contributed by atoms with Gasteiger partial charge in [0.1, 0.15) is 5.69 Å². The van der Waals surface area contributed by atoms with Gasteiger partial charge in [-0.05, 0) is 76.1 Å². The van der Waals surface area contributed by atoms with Crippen molar-refractivity contribution < 1.29 is 4.79 Å². The van der Waals surface area contributed by atoms with E-state index in [2.05, 4.69) is 31.1 Å². The Morgan fingerprint density at radius 2 is 1.56 bits per heavy atom. The minimum absolute atomic E-state index is 0.253. The first-order chi connectivity index (χ1) is 15.1. The van der Waals surface area contributed by atoms with Crippen LogP contribution in [-0.2, 0) is 4.79 Å². The van der Waals surface area contributed by atoms with E-state index >= 15 is 0 Å². The molecule has 0 radical (unpaired) electrons. The lowest BCUT2D eigenvalue weighted by Gasteiger charge is -2.15. The third kappa shape index (κ3) is 3.85. The summed E-state index contributed by atoms with van der Waals surface area (Å²) in [5.74, 6) is -0.314. The number of halogens is 3. The van der Waals surface area contributed by atoms with E-state index in [0.29, 0.717) is 22.0 Å². The first-order valence-electron chi connectivity index (χ1n) is 9.98. The first kappa shape index (κ1) is 22.6. The molecule has 8 heteroatoms. The summed E-state index contributed by atoms with van der Waals surface area (Å²) in [5.41, 5.74) is 7.34. The Morgan fingerprint density at radius 1 is 0.906 bits per heavy atom. The Balaban J connectivity index is 1.76. The monoisotopic (exact) mass is 486 g/mol. The molecule has 164 valence electrons. The molecule has 3 aromatic rings. The van der Waals surface area contributed by atoms with Crippen LogP contribution in [-0.4, -0.2) is 21.4 Å². The predicted molar refractivity (Wildman–Crippen MR) is 133 cm³/mol. The maximum atomic E-state index is 13.3. The lowest BCUT2D eigenvalue weighted by molar-refractivity contribution is -0.114. The van der Waals surface area contributed by atoms with Gasteiger partial charge in [0.05, 0.1) is 32.7 Å². The van der Waals surface area contributed by atoms with Gasteiger partial charge in [-0.25, -0.2) is 4.68 Å². The summed E-state index contributed by atoms with van der Waals surface area (Å²) in [4.78, 5) is 13.3. The molecule has 0 saturated carbocycles. The number of benzene rings is 2. The highest BCUT2D eigenvalue weighted by atomic mass is 35.5. The molecule has 0 bridgehead atoms. The standard InChI is InChI=1S/C24H21Cl3N4O/c1-12-6-7-18(8-13(12)2)30-16(5)19(14(3)28-30)11-20-15(4)29-31(24(20)32)23-21(26)9-17(25)10-22(23)27/h6-11H,1-5H3/b20-11+. The summed E-state index contributed by atoms with van der Waals surface area (Å²) in [6, 6.07) is 9.29. The number of hydrogen-bond acceptors (Lipinski definition) is 3. The van der Waals surface area contributed by atoms with Crippen LogP contribution >= 0.6 is 34.8 Å². The highest BCUT2D eigenvalue weighted by Crippen LogP contribution is 2.39. The third-order valence-electron chi connectivity index (χ3n) is 5.63. The molecule has 2 aromatic carbocycles. The van der Waals surface area contributed by atoms with Crippen molar-refractivity contribution in [3.8, 4) is 5.69 Å². The zero-order chi connectivity index (χ0) is 23.3. The molecular formula is C24H21Cl3N4O. The molecule has 2 heterocycles. The average Bonchev–Trinajstić information content (AvgIpc) is 3.14. The number of carbonyl (C=O) groups excluding carboxylic acids is 1. The van der Waals surface area contributed by atoms with E-state index in [1.54, 1.807) is 6.92 Å². The second-order valence-corrected chi connectivity index (χ2v) is 9.09. The van der Waals surface area contributed by atoms with Crippen molar-refractivity contribution in [2.24, 2.45) is 5.10 Å². The quantitative estimate of drug-likeness (QED) is 0.378. The van der Waals surface area contributed by atoms with Crippen LogP contribution in [0.25, 0.3) is 11.8 Å². The van der Waals surface area contributed by atoms with Gasteiger partial charge in [-0.1, -0.05) is 40.9 Å².